The molecule has 0 aromatic carbocycles. The summed E-state index contributed by atoms with van der Waals surface area (Å²) in [5.41, 5.74) is 5.76. The molecule has 2 aromatic rings. The minimum atomic E-state index is -4.45. The first-order valence-electron chi connectivity index (χ1n) is 7.35. The Hall–Kier alpha value is -2.22. The number of anilines is 3. The summed E-state index contributed by atoms with van der Waals surface area (Å²) in [6.45, 7) is 2.48. The fraction of sp³-hybridized carbons (Fsp3) is 0.333. The fourth-order valence-corrected chi connectivity index (χ4v) is 2.96. The summed E-state index contributed by atoms with van der Waals surface area (Å²) in [7, 11) is 0. The smallest absolute Gasteiger partial charge is 0.392 e. The quantitative estimate of drug-likeness (QED) is 0.896. The average Bonchev–Trinajstić information content (AvgIpc) is 2.55. The minimum absolute atomic E-state index is 0.00376. The van der Waals surface area contributed by atoms with Crippen molar-refractivity contribution in [3.8, 4) is 0 Å². The molecule has 0 saturated carbocycles. The van der Waals surface area contributed by atoms with Crippen molar-refractivity contribution in [3.05, 3.63) is 41.2 Å². The number of nitrogens with one attached hydrogen (secondary N) is 1. The van der Waals surface area contributed by atoms with Gasteiger partial charge >= 0.3 is 6.18 Å². The van der Waals surface area contributed by atoms with Crippen LogP contribution in [0.2, 0.25) is 5.02 Å². The van der Waals surface area contributed by atoms with Gasteiger partial charge in [0.2, 0.25) is 0 Å². The molecule has 3 N–H and O–H groups in total. The van der Waals surface area contributed by atoms with E-state index in [0.29, 0.717) is 37.7 Å². The van der Waals surface area contributed by atoms with Gasteiger partial charge in [0.05, 0.1) is 29.9 Å². The molecule has 2 aromatic heterocycles. The molecule has 128 valence electrons. The first-order valence-corrected chi connectivity index (χ1v) is 7.73. The third-order valence-corrected chi connectivity index (χ3v) is 4.19. The second kappa shape index (κ2) is 6.35. The Bertz CT molecular complexity index is 729. The molecular weight excluding hydrogens is 343 g/mol. The van der Waals surface area contributed by atoms with Gasteiger partial charge in [0.1, 0.15) is 24.6 Å². The number of alkyl halides is 3. The molecule has 3 rings (SSSR count). The number of aromatic amines is 1. The van der Waals surface area contributed by atoms with E-state index in [1.54, 1.807) is 6.20 Å². The number of nitrogens with two attached hydrogens (primary N) is 1. The van der Waals surface area contributed by atoms with Crippen molar-refractivity contribution in [1.82, 2.24) is 4.98 Å². The van der Waals surface area contributed by atoms with Crippen molar-refractivity contribution in [2.24, 2.45) is 0 Å². The van der Waals surface area contributed by atoms with Crippen LogP contribution in [0.4, 0.5) is 30.5 Å². The zero-order valence-electron chi connectivity index (χ0n) is 12.6. The Labute approximate surface area is 141 Å². The van der Waals surface area contributed by atoms with Crippen LogP contribution in [-0.2, 0) is 6.18 Å². The van der Waals surface area contributed by atoms with E-state index < -0.39 is 11.7 Å². The van der Waals surface area contributed by atoms with E-state index in [-0.39, 0.29) is 5.02 Å². The third-order valence-electron chi connectivity index (χ3n) is 3.91. The monoisotopic (exact) mass is 358 g/mol. The Morgan fingerprint density at radius 1 is 1.17 bits per heavy atom. The van der Waals surface area contributed by atoms with Crippen molar-refractivity contribution >= 4 is 28.9 Å². The topological polar surface area (TPSA) is 59.5 Å². The van der Waals surface area contributed by atoms with E-state index in [1.165, 1.54) is 0 Å². The van der Waals surface area contributed by atoms with Gasteiger partial charge in [-0.05, 0) is 18.2 Å². The van der Waals surface area contributed by atoms with E-state index in [4.69, 9.17) is 17.3 Å². The summed E-state index contributed by atoms with van der Waals surface area (Å²) in [6, 6.07) is 4.55. The molecule has 0 aliphatic carbocycles. The van der Waals surface area contributed by atoms with Crippen LogP contribution in [0.3, 0.4) is 0 Å². The van der Waals surface area contributed by atoms with E-state index in [9.17, 15) is 13.2 Å². The third kappa shape index (κ3) is 3.33. The van der Waals surface area contributed by atoms with Gasteiger partial charge in [-0.3, -0.25) is 4.90 Å². The van der Waals surface area contributed by atoms with Crippen LogP contribution < -0.4 is 20.5 Å². The van der Waals surface area contributed by atoms with Crippen LogP contribution in [-0.4, -0.2) is 31.2 Å². The van der Waals surface area contributed by atoms with E-state index >= 15 is 0 Å². The lowest BCUT2D eigenvalue weighted by atomic mass is 10.2. The number of halogens is 4. The van der Waals surface area contributed by atoms with Crippen molar-refractivity contribution < 1.29 is 18.2 Å². The fourth-order valence-electron chi connectivity index (χ4n) is 2.68. The van der Waals surface area contributed by atoms with Gasteiger partial charge in [0.25, 0.3) is 5.82 Å². The second-order valence-electron chi connectivity index (χ2n) is 5.48. The van der Waals surface area contributed by atoms with Crippen LogP contribution in [0, 0.1) is 0 Å². The first-order chi connectivity index (χ1) is 11.4. The SMILES string of the molecule is Nc1ccc[nH+]c1N1CCN(c2ncc(C(F)(F)F)cc2Cl)CC1. The number of hydrogen-bond acceptors (Lipinski definition) is 4. The molecule has 0 amide bonds. The highest BCUT2D eigenvalue weighted by Crippen LogP contribution is 2.33. The van der Waals surface area contributed by atoms with Crippen LogP contribution in [0.25, 0.3) is 0 Å². The van der Waals surface area contributed by atoms with Crippen LogP contribution in [0.1, 0.15) is 5.56 Å². The molecule has 0 spiro atoms. The standard InChI is InChI=1S/C15H15ClF3N5/c16-11-8-10(15(17,18)19)9-22-13(11)23-4-6-24(7-5-23)14-12(20)2-1-3-21-14/h1-3,8-9H,4-7,20H2/p+1. The normalized spacial score (nSPS) is 15.7. The minimum Gasteiger partial charge on any atom is -0.392 e. The number of piperazine rings is 1. The van der Waals surface area contributed by atoms with Crippen molar-refractivity contribution in [2.75, 3.05) is 41.7 Å². The predicted molar refractivity (Wildman–Crippen MR) is 86.1 cm³/mol. The number of nitrogen functional groups attached to an aromatic ring is 1. The Morgan fingerprint density at radius 2 is 1.83 bits per heavy atom. The lowest BCUT2D eigenvalue weighted by molar-refractivity contribution is -0.363. The summed E-state index contributed by atoms with van der Waals surface area (Å²) in [6.07, 6.45) is -1.84. The number of nitrogens with zero attached hydrogens (tertiary/aromatic N) is 3. The second-order valence-corrected chi connectivity index (χ2v) is 5.88. The molecule has 24 heavy (non-hydrogen) atoms. The molecule has 5 nitrogen and oxygen atoms in total. The zero-order chi connectivity index (χ0) is 17.3. The summed E-state index contributed by atoms with van der Waals surface area (Å²) in [5, 5.41) is 0.00376. The van der Waals surface area contributed by atoms with Crippen LogP contribution in [0.5, 0.6) is 0 Å². The highest BCUT2D eigenvalue weighted by molar-refractivity contribution is 6.33. The van der Waals surface area contributed by atoms with Crippen molar-refractivity contribution in [1.29, 1.82) is 0 Å². The number of hydrogen-bond donors (Lipinski definition) is 1. The van der Waals surface area contributed by atoms with Crippen molar-refractivity contribution in [2.45, 2.75) is 6.18 Å². The van der Waals surface area contributed by atoms with Crippen LogP contribution >= 0.6 is 11.6 Å². The summed E-state index contributed by atoms with van der Waals surface area (Å²) in [4.78, 5) is 11.0. The first kappa shape index (κ1) is 16.6. The summed E-state index contributed by atoms with van der Waals surface area (Å²) >= 11 is 6.00. The molecule has 0 bridgehead atoms. The number of H-pyrrole nitrogens is 1. The molecule has 0 unspecified atom stereocenters. The van der Waals surface area contributed by atoms with Gasteiger partial charge in [0, 0.05) is 6.20 Å². The van der Waals surface area contributed by atoms with Gasteiger partial charge in [-0.2, -0.15) is 13.2 Å². The van der Waals surface area contributed by atoms with Gasteiger partial charge in [-0.25, -0.2) is 9.97 Å². The average molecular weight is 359 g/mol. The Balaban J connectivity index is 1.72. The van der Waals surface area contributed by atoms with Gasteiger partial charge in [0.15, 0.2) is 0 Å². The lowest BCUT2D eigenvalue weighted by Gasteiger charge is -2.32. The van der Waals surface area contributed by atoms with Gasteiger partial charge in [-0.1, -0.05) is 11.6 Å². The van der Waals surface area contributed by atoms with E-state index in [2.05, 4.69) is 14.9 Å². The maximum atomic E-state index is 12.7. The predicted octanol–water partition coefficient (Wildman–Crippen LogP) is 2.48. The number of pyridine rings is 2. The van der Waals surface area contributed by atoms with Crippen LogP contribution in [0.15, 0.2) is 30.6 Å². The van der Waals surface area contributed by atoms with E-state index in [0.717, 1.165) is 18.1 Å². The number of aromatic nitrogens is 2. The lowest BCUT2D eigenvalue weighted by Crippen LogP contribution is -2.48. The molecule has 9 heteroatoms. The van der Waals surface area contributed by atoms with E-state index in [1.807, 2.05) is 17.0 Å². The maximum Gasteiger partial charge on any atom is 0.417 e. The molecule has 1 saturated heterocycles. The summed E-state index contributed by atoms with van der Waals surface area (Å²) in [5.74, 6) is 1.21. The largest absolute Gasteiger partial charge is 0.417 e. The van der Waals surface area contributed by atoms with Gasteiger partial charge < -0.3 is 10.6 Å². The highest BCUT2D eigenvalue weighted by atomic mass is 35.5. The molecule has 1 fully saturated rings. The molecule has 0 radical (unpaired) electrons. The summed E-state index contributed by atoms with van der Waals surface area (Å²) < 4.78 is 38.1. The molecule has 1 aliphatic rings. The molecular formula is C15H16ClF3N5+. The molecule has 3 heterocycles. The van der Waals surface area contributed by atoms with Crippen molar-refractivity contribution in [3.63, 3.8) is 0 Å². The molecule has 1 aliphatic heterocycles. The Morgan fingerprint density at radius 3 is 2.42 bits per heavy atom. The highest BCUT2D eigenvalue weighted by Gasteiger charge is 2.33. The maximum absolute atomic E-state index is 12.7. The zero-order valence-corrected chi connectivity index (χ0v) is 13.4. The van der Waals surface area contributed by atoms with Gasteiger partial charge in [-0.15, -0.1) is 0 Å². The molecule has 0 atom stereocenters. The number of rotatable bonds is 2. The Kier molecular flexibility index (Phi) is 4.40.